The van der Waals surface area contributed by atoms with Crippen molar-refractivity contribution in [3.05, 3.63) is 35.6 Å². The monoisotopic (exact) mass is 237 g/mol. The molecule has 17 heavy (non-hydrogen) atoms. The Morgan fingerprint density at radius 3 is 2.76 bits per heavy atom. The summed E-state index contributed by atoms with van der Waals surface area (Å²) in [5.74, 6) is -0.947. The van der Waals surface area contributed by atoms with Crippen molar-refractivity contribution in [2.45, 2.75) is 25.3 Å². The summed E-state index contributed by atoms with van der Waals surface area (Å²) >= 11 is 0. The molecule has 4 heteroatoms. The van der Waals surface area contributed by atoms with Crippen LogP contribution in [0.15, 0.2) is 24.3 Å². The molecule has 0 aliphatic carbocycles. The lowest BCUT2D eigenvalue weighted by molar-refractivity contribution is -0.138. The summed E-state index contributed by atoms with van der Waals surface area (Å²) in [6.45, 7) is 0.887. The van der Waals surface area contributed by atoms with Crippen LogP contribution in [0.3, 0.4) is 0 Å². The maximum Gasteiger partial charge on any atom is 0.303 e. The van der Waals surface area contributed by atoms with Crippen molar-refractivity contribution in [1.29, 1.82) is 0 Å². The molecule has 2 atom stereocenters. The first kappa shape index (κ1) is 12.0. The predicted octanol–water partition coefficient (Wildman–Crippen LogP) is 2.34. The largest absolute Gasteiger partial charge is 0.481 e. The van der Waals surface area contributed by atoms with Gasteiger partial charge in [0.2, 0.25) is 0 Å². The fourth-order valence-electron chi connectivity index (χ4n) is 2.46. The molecule has 3 nitrogen and oxygen atoms in total. The van der Waals surface area contributed by atoms with Crippen molar-refractivity contribution < 1.29 is 14.3 Å². The number of rotatable bonds is 3. The van der Waals surface area contributed by atoms with Gasteiger partial charge in [0.05, 0.1) is 0 Å². The Morgan fingerprint density at radius 2 is 2.12 bits per heavy atom. The number of piperidine rings is 1. The summed E-state index contributed by atoms with van der Waals surface area (Å²) in [5.41, 5.74) is 0.970. The molecule has 0 spiro atoms. The zero-order valence-corrected chi connectivity index (χ0v) is 9.53. The van der Waals surface area contributed by atoms with E-state index < -0.39 is 5.97 Å². The molecule has 0 aromatic heterocycles. The van der Waals surface area contributed by atoms with Gasteiger partial charge in [0.25, 0.3) is 0 Å². The number of carboxylic acids is 1. The van der Waals surface area contributed by atoms with E-state index in [9.17, 15) is 9.18 Å². The minimum atomic E-state index is -0.772. The smallest absolute Gasteiger partial charge is 0.303 e. The van der Waals surface area contributed by atoms with E-state index in [0.717, 1.165) is 24.9 Å². The number of aliphatic carboxylic acids is 1. The maximum absolute atomic E-state index is 12.8. The molecular formula is C13H16FNO2. The SMILES string of the molecule is O=C(O)C[C@H]1CCCN[C@@H]1c1ccc(F)cc1. The molecule has 0 radical (unpaired) electrons. The van der Waals surface area contributed by atoms with Gasteiger partial charge in [-0.3, -0.25) is 4.79 Å². The van der Waals surface area contributed by atoms with Crippen LogP contribution in [-0.2, 0) is 4.79 Å². The minimum absolute atomic E-state index is 0.0282. The number of carbonyl (C=O) groups is 1. The number of nitrogens with one attached hydrogen (secondary N) is 1. The third-order valence-corrected chi connectivity index (χ3v) is 3.25. The third kappa shape index (κ3) is 3.03. The number of halogens is 1. The molecule has 1 fully saturated rings. The highest BCUT2D eigenvalue weighted by Crippen LogP contribution is 2.31. The van der Waals surface area contributed by atoms with Crippen LogP contribution in [0.1, 0.15) is 30.9 Å². The third-order valence-electron chi connectivity index (χ3n) is 3.25. The Balaban J connectivity index is 2.15. The molecule has 1 aromatic rings. The Labute approximate surface area is 99.7 Å². The molecule has 2 rings (SSSR count). The van der Waals surface area contributed by atoms with E-state index in [1.807, 2.05) is 0 Å². The molecule has 1 aliphatic heterocycles. The highest BCUT2D eigenvalue weighted by atomic mass is 19.1. The number of benzene rings is 1. The van der Waals surface area contributed by atoms with Crippen LogP contribution >= 0.6 is 0 Å². The number of carboxylic acid groups (broad SMARTS) is 1. The van der Waals surface area contributed by atoms with Crippen molar-refractivity contribution in [1.82, 2.24) is 5.32 Å². The van der Waals surface area contributed by atoms with E-state index in [1.54, 1.807) is 12.1 Å². The fraction of sp³-hybridized carbons (Fsp3) is 0.462. The van der Waals surface area contributed by atoms with Gasteiger partial charge in [0, 0.05) is 12.5 Å². The van der Waals surface area contributed by atoms with Gasteiger partial charge >= 0.3 is 5.97 Å². The summed E-state index contributed by atoms with van der Waals surface area (Å²) < 4.78 is 12.8. The fourth-order valence-corrected chi connectivity index (χ4v) is 2.46. The number of hydrogen-bond donors (Lipinski definition) is 2. The van der Waals surface area contributed by atoms with E-state index in [2.05, 4.69) is 5.32 Å². The molecule has 1 saturated heterocycles. The van der Waals surface area contributed by atoms with Gasteiger partial charge < -0.3 is 10.4 Å². The Kier molecular flexibility index (Phi) is 3.74. The molecule has 0 unspecified atom stereocenters. The van der Waals surface area contributed by atoms with Gasteiger partial charge in [-0.2, -0.15) is 0 Å². The normalized spacial score (nSPS) is 24.5. The molecule has 1 aliphatic rings. The summed E-state index contributed by atoms with van der Waals surface area (Å²) in [6, 6.07) is 6.33. The second-order valence-electron chi connectivity index (χ2n) is 4.48. The quantitative estimate of drug-likeness (QED) is 0.848. The summed E-state index contributed by atoms with van der Waals surface area (Å²) in [4.78, 5) is 10.8. The highest BCUT2D eigenvalue weighted by molar-refractivity contribution is 5.67. The van der Waals surface area contributed by atoms with Crippen LogP contribution in [-0.4, -0.2) is 17.6 Å². The van der Waals surface area contributed by atoms with Crippen LogP contribution in [0.5, 0.6) is 0 Å². The van der Waals surface area contributed by atoms with Crippen LogP contribution in [0, 0.1) is 11.7 Å². The molecule has 1 aromatic carbocycles. The Bertz CT molecular complexity index is 391. The lowest BCUT2D eigenvalue weighted by atomic mass is 9.84. The summed E-state index contributed by atoms with van der Waals surface area (Å²) in [6.07, 6.45) is 2.06. The van der Waals surface area contributed by atoms with Crippen LogP contribution < -0.4 is 5.32 Å². The maximum atomic E-state index is 12.8. The van der Waals surface area contributed by atoms with Gasteiger partial charge in [-0.25, -0.2) is 4.39 Å². The van der Waals surface area contributed by atoms with Crippen molar-refractivity contribution in [2.75, 3.05) is 6.54 Å². The van der Waals surface area contributed by atoms with Crippen molar-refractivity contribution in [2.24, 2.45) is 5.92 Å². The first-order valence-electron chi connectivity index (χ1n) is 5.87. The molecule has 0 saturated carbocycles. The Morgan fingerprint density at radius 1 is 1.41 bits per heavy atom. The van der Waals surface area contributed by atoms with E-state index in [4.69, 9.17) is 5.11 Å². The lowest BCUT2D eigenvalue weighted by Crippen LogP contribution is -2.35. The molecular weight excluding hydrogens is 221 g/mol. The average molecular weight is 237 g/mol. The standard InChI is InChI=1S/C13H16FNO2/c14-11-5-3-9(4-6-11)13-10(8-12(16)17)2-1-7-15-13/h3-6,10,13,15H,1-2,7-8H2,(H,16,17)/t10-,13-/m1/s1. The molecule has 0 bridgehead atoms. The van der Waals surface area contributed by atoms with E-state index in [0.29, 0.717) is 0 Å². The van der Waals surface area contributed by atoms with Gasteiger partial charge in [0.15, 0.2) is 0 Å². The average Bonchev–Trinajstić information content (AvgIpc) is 2.30. The zero-order valence-electron chi connectivity index (χ0n) is 9.53. The van der Waals surface area contributed by atoms with Gasteiger partial charge in [-0.15, -0.1) is 0 Å². The summed E-state index contributed by atoms with van der Waals surface area (Å²) in [7, 11) is 0. The van der Waals surface area contributed by atoms with Crippen molar-refractivity contribution >= 4 is 5.97 Å². The second kappa shape index (κ2) is 5.27. The second-order valence-corrected chi connectivity index (χ2v) is 4.48. The highest BCUT2D eigenvalue weighted by Gasteiger charge is 2.27. The van der Waals surface area contributed by atoms with E-state index in [1.165, 1.54) is 12.1 Å². The lowest BCUT2D eigenvalue weighted by Gasteiger charge is -2.32. The van der Waals surface area contributed by atoms with Gasteiger partial charge in [-0.1, -0.05) is 12.1 Å². The first-order valence-corrected chi connectivity index (χ1v) is 5.87. The molecule has 1 heterocycles. The van der Waals surface area contributed by atoms with E-state index >= 15 is 0 Å². The first-order chi connectivity index (χ1) is 8.16. The molecule has 2 N–H and O–H groups in total. The van der Waals surface area contributed by atoms with Crippen LogP contribution in [0.2, 0.25) is 0 Å². The van der Waals surface area contributed by atoms with Crippen molar-refractivity contribution in [3.63, 3.8) is 0 Å². The van der Waals surface area contributed by atoms with Crippen molar-refractivity contribution in [3.8, 4) is 0 Å². The minimum Gasteiger partial charge on any atom is -0.481 e. The van der Waals surface area contributed by atoms with Gasteiger partial charge in [0.1, 0.15) is 5.82 Å². The van der Waals surface area contributed by atoms with Crippen LogP contribution in [0.4, 0.5) is 4.39 Å². The zero-order chi connectivity index (χ0) is 12.3. The predicted molar refractivity (Wildman–Crippen MR) is 62.1 cm³/mol. The van der Waals surface area contributed by atoms with Crippen LogP contribution in [0.25, 0.3) is 0 Å². The van der Waals surface area contributed by atoms with Gasteiger partial charge in [-0.05, 0) is 43.0 Å². The number of hydrogen-bond acceptors (Lipinski definition) is 2. The Hall–Kier alpha value is -1.42. The molecule has 92 valence electrons. The van der Waals surface area contributed by atoms with E-state index in [-0.39, 0.29) is 24.2 Å². The summed E-state index contributed by atoms with van der Waals surface area (Å²) in [5, 5.41) is 12.2. The molecule has 0 amide bonds. The topological polar surface area (TPSA) is 49.3 Å².